The molecule has 2 N–H and O–H groups in total. The number of aliphatic hydroxyl groups excluding tert-OH is 2. The van der Waals surface area contributed by atoms with E-state index in [1.807, 2.05) is 0 Å². The Morgan fingerprint density at radius 3 is 2.53 bits per heavy atom. The van der Waals surface area contributed by atoms with Crippen molar-refractivity contribution in [3.63, 3.8) is 0 Å². The fraction of sp³-hybridized carbons (Fsp3) is 0.862. The van der Waals surface area contributed by atoms with E-state index in [1.165, 1.54) is 44.9 Å². The van der Waals surface area contributed by atoms with Gasteiger partial charge in [0, 0.05) is 7.11 Å². The molecule has 4 rings (SSSR count). The molecular formula is C29H48O5. The molecule has 5 heteroatoms. The lowest BCUT2D eigenvalue weighted by Crippen LogP contribution is -2.45. The highest BCUT2D eigenvalue weighted by atomic mass is 16.7. The SMILES string of the molecule is COCOC(C)(C)CCC[C@@H](C)[C@H]1CC[C@H]2/C(=C/C=C3C[C@@H](O)C4(CO4)[C@H](O)C3)CCC[C@]12C. The van der Waals surface area contributed by atoms with Gasteiger partial charge in [0.05, 0.1) is 24.4 Å². The summed E-state index contributed by atoms with van der Waals surface area (Å²) < 4.78 is 16.3. The first kappa shape index (κ1) is 26.3. The fourth-order valence-electron chi connectivity index (χ4n) is 7.53. The molecule has 1 heterocycles. The van der Waals surface area contributed by atoms with E-state index in [0.29, 0.717) is 37.6 Å². The maximum absolute atomic E-state index is 10.5. The van der Waals surface area contributed by atoms with Crippen molar-refractivity contribution < 1.29 is 24.4 Å². The number of aliphatic hydroxyl groups is 2. The summed E-state index contributed by atoms with van der Waals surface area (Å²) in [5.74, 6) is 2.18. The van der Waals surface area contributed by atoms with Gasteiger partial charge in [0.2, 0.25) is 0 Å². The van der Waals surface area contributed by atoms with Gasteiger partial charge in [-0.15, -0.1) is 0 Å². The van der Waals surface area contributed by atoms with Crippen molar-refractivity contribution in [2.75, 3.05) is 20.5 Å². The van der Waals surface area contributed by atoms with Crippen LogP contribution in [0.1, 0.15) is 91.9 Å². The third-order valence-corrected chi connectivity index (χ3v) is 9.78. The minimum atomic E-state index is -0.673. The molecule has 3 aliphatic carbocycles. The largest absolute Gasteiger partial charge is 0.390 e. The van der Waals surface area contributed by atoms with Gasteiger partial charge in [-0.2, -0.15) is 0 Å². The van der Waals surface area contributed by atoms with Crippen molar-refractivity contribution in [3.8, 4) is 0 Å². The molecule has 5 nitrogen and oxygen atoms in total. The summed E-state index contributed by atoms with van der Waals surface area (Å²) >= 11 is 0. The minimum Gasteiger partial charge on any atom is -0.390 e. The van der Waals surface area contributed by atoms with Crippen LogP contribution in [-0.2, 0) is 14.2 Å². The van der Waals surface area contributed by atoms with Gasteiger partial charge in [0.1, 0.15) is 12.4 Å². The van der Waals surface area contributed by atoms with Gasteiger partial charge in [-0.3, -0.25) is 0 Å². The quantitative estimate of drug-likeness (QED) is 0.337. The van der Waals surface area contributed by atoms with Gasteiger partial charge < -0.3 is 24.4 Å². The molecule has 0 aromatic heterocycles. The van der Waals surface area contributed by atoms with Gasteiger partial charge in [-0.05, 0) is 88.4 Å². The van der Waals surface area contributed by atoms with Crippen LogP contribution >= 0.6 is 0 Å². The van der Waals surface area contributed by atoms with E-state index in [4.69, 9.17) is 14.2 Å². The number of allylic oxidation sites excluding steroid dienone is 3. The molecule has 0 radical (unpaired) electrons. The molecule has 0 aromatic rings. The third-order valence-electron chi connectivity index (χ3n) is 9.78. The number of fused-ring (bicyclic) bond motifs is 1. The molecule has 4 fully saturated rings. The first-order valence-electron chi connectivity index (χ1n) is 13.6. The summed E-state index contributed by atoms with van der Waals surface area (Å²) in [6, 6.07) is 0. The zero-order valence-electron chi connectivity index (χ0n) is 22.1. The molecule has 0 unspecified atom stereocenters. The summed E-state index contributed by atoms with van der Waals surface area (Å²) in [4.78, 5) is 0. The van der Waals surface area contributed by atoms with E-state index in [2.05, 4.69) is 39.8 Å². The Bertz CT molecular complexity index is 750. The molecule has 0 aromatic carbocycles. The van der Waals surface area contributed by atoms with Crippen LogP contribution in [0.25, 0.3) is 0 Å². The summed E-state index contributed by atoms with van der Waals surface area (Å²) in [5.41, 5.74) is 2.34. The van der Waals surface area contributed by atoms with Gasteiger partial charge in [0.15, 0.2) is 0 Å². The monoisotopic (exact) mass is 476 g/mol. The van der Waals surface area contributed by atoms with Crippen LogP contribution in [0.2, 0.25) is 0 Å². The highest BCUT2D eigenvalue weighted by Crippen LogP contribution is 2.60. The van der Waals surface area contributed by atoms with Crippen LogP contribution < -0.4 is 0 Å². The van der Waals surface area contributed by atoms with Crippen LogP contribution in [-0.4, -0.2) is 54.1 Å². The first-order valence-corrected chi connectivity index (χ1v) is 13.6. The van der Waals surface area contributed by atoms with Crippen LogP contribution in [0.15, 0.2) is 23.3 Å². The van der Waals surface area contributed by atoms with Crippen LogP contribution in [0.4, 0.5) is 0 Å². The van der Waals surface area contributed by atoms with Gasteiger partial charge in [-0.25, -0.2) is 0 Å². The molecule has 0 bridgehead atoms. The number of ether oxygens (including phenoxy) is 3. The van der Waals surface area contributed by atoms with Crippen molar-refractivity contribution in [3.05, 3.63) is 23.3 Å². The van der Waals surface area contributed by atoms with E-state index in [1.54, 1.807) is 12.7 Å². The van der Waals surface area contributed by atoms with Gasteiger partial charge in [-0.1, -0.05) is 50.0 Å². The predicted molar refractivity (Wildman–Crippen MR) is 134 cm³/mol. The number of hydrogen-bond donors (Lipinski definition) is 2. The minimum absolute atomic E-state index is 0.127. The zero-order valence-corrected chi connectivity index (χ0v) is 22.1. The zero-order chi connectivity index (χ0) is 24.6. The second-order valence-electron chi connectivity index (χ2n) is 12.5. The van der Waals surface area contributed by atoms with Crippen molar-refractivity contribution in [1.29, 1.82) is 0 Å². The fourth-order valence-corrected chi connectivity index (χ4v) is 7.53. The number of hydrogen-bond acceptors (Lipinski definition) is 5. The normalized spacial score (nSPS) is 40.0. The Labute approximate surface area is 206 Å². The summed E-state index contributed by atoms with van der Waals surface area (Å²) in [5, 5.41) is 20.9. The van der Waals surface area contributed by atoms with E-state index in [-0.39, 0.29) is 5.60 Å². The maximum atomic E-state index is 10.5. The van der Waals surface area contributed by atoms with E-state index in [0.717, 1.165) is 23.8 Å². The van der Waals surface area contributed by atoms with E-state index < -0.39 is 17.8 Å². The van der Waals surface area contributed by atoms with Crippen molar-refractivity contribution in [2.45, 2.75) is 115 Å². The highest BCUT2D eigenvalue weighted by Gasteiger charge is 2.59. The number of rotatable bonds is 9. The van der Waals surface area contributed by atoms with Gasteiger partial charge >= 0.3 is 0 Å². The maximum Gasteiger partial charge on any atom is 0.147 e. The first-order chi connectivity index (χ1) is 16.1. The van der Waals surface area contributed by atoms with Crippen molar-refractivity contribution >= 4 is 0 Å². The summed E-state index contributed by atoms with van der Waals surface area (Å²) in [6.45, 7) is 10.2. The average molecular weight is 477 g/mol. The lowest BCUT2D eigenvalue weighted by Gasteiger charge is -2.44. The smallest absolute Gasteiger partial charge is 0.147 e. The topological polar surface area (TPSA) is 71.5 Å². The molecule has 3 saturated carbocycles. The summed E-state index contributed by atoms with van der Waals surface area (Å²) in [6.07, 6.45) is 14.6. The standard InChI is InChI=1S/C29H48O5/c1-20(8-6-14-27(2,3)34-19-32-5)23-12-13-24-22(9-7-15-28(23,24)4)11-10-21-16-25(30)29(18-33-29)26(31)17-21/h10-11,20,23-26,30-31H,6-9,12-19H2,1-5H3/b21-10?,22-11+/t20-,23-,24+,25-,26-,28-,29?/m1/s1. The van der Waals surface area contributed by atoms with Crippen LogP contribution in [0, 0.1) is 23.2 Å². The molecule has 1 saturated heterocycles. The Kier molecular flexibility index (Phi) is 8.01. The molecule has 0 amide bonds. The molecule has 194 valence electrons. The van der Waals surface area contributed by atoms with Crippen LogP contribution in [0.3, 0.4) is 0 Å². The molecular weight excluding hydrogens is 428 g/mol. The third kappa shape index (κ3) is 5.34. The van der Waals surface area contributed by atoms with Gasteiger partial charge in [0.25, 0.3) is 0 Å². The molecule has 1 spiro atoms. The lowest BCUT2D eigenvalue weighted by molar-refractivity contribution is -0.118. The highest BCUT2D eigenvalue weighted by molar-refractivity contribution is 5.28. The van der Waals surface area contributed by atoms with Crippen molar-refractivity contribution in [1.82, 2.24) is 0 Å². The molecule has 34 heavy (non-hydrogen) atoms. The second-order valence-corrected chi connectivity index (χ2v) is 12.5. The Hall–Kier alpha value is -0.720. The predicted octanol–water partition coefficient (Wildman–Crippen LogP) is 5.55. The summed E-state index contributed by atoms with van der Waals surface area (Å²) in [7, 11) is 1.68. The van der Waals surface area contributed by atoms with Crippen LogP contribution in [0.5, 0.6) is 0 Å². The second kappa shape index (κ2) is 10.3. The van der Waals surface area contributed by atoms with E-state index >= 15 is 0 Å². The average Bonchev–Trinajstić information content (AvgIpc) is 3.51. The van der Waals surface area contributed by atoms with E-state index in [9.17, 15) is 10.2 Å². The molecule has 4 aliphatic rings. The molecule has 6 atom stereocenters. The number of methoxy groups -OCH3 is 1. The Morgan fingerprint density at radius 2 is 1.88 bits per heavy atom. The Balaban J connectivity index is 1.36. The molecule has 1 aliphatic heterocycles. The lowest BCUT2D eigenvalue weighted by atomic mass is 9.60. The van der Waals surface area contributed by atoms with Crippen molar-refractivity contribution in [2.24, 2.45) is 23.2 Å². The number of epoxide rings is 1. The Morgan fingerprint density at radius 1 is 1.18 bits per heavy atom.